The molecule has 1 heterocycles. The average Bonchev–Trinajstić information content (AvgIpc) is 2.04. The minimum absolute atomic E-state index is 0.0984. The van der Waals surface area contributed by atoms with Crippen LogP contribution in [-0.2, 0) is 0 Å². The lowest BCUT2D eigenvalue weighted by molar-refractivity contribution is 0.602. The number of hydrogen-bond acceptors (Lipinski definition) is 2. The second kappa shape index (κ2) is 2.23. The lowest BCUT2D eigenvalue weighted by Gasteiger charge is -1.91. The minimum atomic E-state index is -0.165. The van der Waals surface area contributed by atoms with Gasteiger partial charge >= 0.3 is 0 Å². The van der Waals surface area contributed by atoms with Crippen LogP contribution in [0, 0.1) is 0 Å². The van der Waals surface area contributed by atoms with Gasteiger partial charge in [-0.2, -0.15) is 0 Å². The molecule has 0 radical (unpaired) electrons. The SMILES string of the molecule is [2H]c1cc(=O)c2ccccc2o1. The van der Waals surface area contributed by atoms with Crippen LogP contribution in [0.25, 0.3) is 11.0 Å². The summed E-state index contributed by atoms with van der Waals surface area (Å²) in [6.07, 6.45) is -0.0984. The molecule has 0 saturated carbocycles. The summed E-state index contributed by atoms with van der Waals surface area (Å²) in [7, 11) is 0. The first-order valence-electron chi connectivity index (χ1n) is 3.77. The summed E-state index contributed by atoms with van der Waals surface area (Å²) in [4.78, 5) is 11.2. The van der Waals surface area contributed by atoms with Crippen molar-refractivity contribution in [2.45, 2.75) is 0 Å². The molecule has 0 aliphatic carbocycles. The Morgan fingerprint density at radius 1 is 1.27 bits per heavy atom. The Morgan fingerprint density at radius 3 is 3.00 bits per heavy atom. The van der Waals surface area contributed by atoms with Gasteiger partial charge in [-0.05, 0) is 12.1 Å². The molecule has 0 spiro atoms. The van der Waals surface area contributed by atoms with Gasteiger partial charge in [0, 0.05) is 6.07 Å². The zero-order valence-electron chi connectivity index (χ0n) is 6.70. The van der Waals surface area contributed by atoms with Crippen molar-refractivity contribution < 1.29 is 5.79 Å². The first kappa shape index (κ1) is 5.13. The van der Waals surface area contributed by atoms with Crippen LogP contribution in [0.15, 0.2) is 45.8 Å². The Hall–Kier alpha value is -1.57. The van der Waals surface area contributed by atoms with E-state index in [1.807, 2.05) is 0 Å². The van der Waals surface area contributed by atoms with Crippen molar-refractivity contribution in [3.05, 3.63) is 46.8 Å². The number of rotatable bonds is 0. The highest BCUT2D eigenvalue weighted by atomic mass is 16.3. The number of benzene rings is 1. The van der Waals surface area contributed by atoms with Crippen molar-refractivity contribution in [1.29, 1.82) is 0 Å². The van der Waals surface area contributed by atoms with E-state index >= 15 is 0 Å². The molecule has 0 fully saturated rings. The van der Waals surface area contributed by atoms with Crippen LogP contribution in [0.2, 0.25) is 0 Å². The molecule has 0 bridgehead atoms. The molecule has 0 N–H and O–H groups in total. The topological polar surface area (TPSA) is 30.2 Å². The number of para-hydroxylation sites is 1. The fraction of sp³-hybridized carbons (Fsp3) is 0. The van der Waals surface area contributed by atoms with Crippen LogP contribution in [0.1, 0.15) is 1.37 Å². The molecule has 1 aromatic heterocycles. The Balaban J connectivity index is 2.99. The molecular weight excluding hydrogens is 140 g/mol. The molecule has 0 unspecified atom stereocenters. The van der Waals surface area contributed by atoms with E-state index in [2.05, 4.69) is 0 Å². The van der Waals surface area contributed by atoms with Gasteiger partial charge in [0.05, 0.1) is 11.6 Å². The third-order valence-corrected chi connectivity index (χ3v) is 1.51. The molecule has 2 nitrogen and oxygen atoms in total. The van der Waals surface area contributed by atoms with Crippen molar-refractivity contribution in [3.8, 4) is 0 Å². The highest BCUT2D eigenvalue weighted by molar-refractivity contribution is 5.75. The van der Waals surface area contributed by atoms with E-state index in [9.17, 15) is 4.79 Å². The summed E-state index contributed by atoms with van der Waals surface area (Å²) in [6, 6.07) is 8.06. The first-order valence-corrected chi connectivity index (χ1v) is 3.27. The van der Waals surface area contributed by atoms with Crippen LogP contribution in [0.4, 0.5) is 0 Å². The van der Waals surface area contributed by atoms with E-state index in [1.165, 1.54) is 6.07 Å². The van der Waals surface area contributed by atoms with Crippen LogP contribution >= 0.6 is 0 Å². The molecular formula is C9H6O2. The highest BCUT2D eigenvalue weighted by Gasteiger charge is 1.95. The predicted molar refractivity (Wildman–Crippen MR) is 42.5 cm³/mol. The van der Waals surface area contributed by atoms with Crippen molar-refractivity contribution in [3.63, 3.8) is 0 Å². The van der Waals surface area contributed by atoms with Crippen LogP contribution < -0.4 is 5.43 Å². The molecule has 2 rings (SSSR count). The van der Waals surface area contributed by atoms with E-state index in [0.29, 0.717) is 11.0 Å². The van der Waals surface area contributed by atoms with Gasteiger partial charge in [-0.3, -0.25) is 4.79 Å². The predicted octanol–water partition coefficient (Wildman–Crippen LogP) is 1.79. The van der Waals surface area contributed by atoms with Gasteiger partial charge in [-0.1, -0.05) is 12.1 Å². The van der Waals surface area contributed by atoms with Gasteiger partial charge < -0.3 is 4.42 Å². The van der Waals surface area contributed by atoms with Crippen LogP contribution in [-0.4, -0.2) is 0 Å². The maximum absolute atomic E-state index is 11.2. The highest BCUT2D eigenvalue weighted by Crippen LogP contribution is 2.06. The third kappa shape index (κ3) is 0.923. The second-order valence-corrected chi connectivity index (χ2v) is 2.22. The van der Waals surface area contributed by atoms with E-state index in [1.54, 1.807) is 24.3 Å². The summed E-state index contributed by atoms with van der Waals surface area (Å²) >= 11 is 0. The Morgan fingerprint density at radius 2 is 2.09 bits per heavy atom. The fourth-order valence-corrected chi connectivity index (χ4v) is 0.983. The van der Waals surface area contributed by atoms with Crippen LogP contribution in [0.3, 0.4) is 0 Å². The summed E-state index contributed by atoms with van der Waals surface area (Å²) in [5.41, 5.74) is 0.303. The van der Waals surface area contributed by atoms with Crippen molar-refractivity contribution in [1.82, 2.24) is 0 Å². The molecule has 54 valence electrons. The maximum atomic E-state index is 11.2. The molecule has 0 aliphatic rings. The van der Waals surface area contributed by atoms with Gasteiger partial charge in [0.25, 0.3) is 0 Å². The quantitative estimate of drug-likeness (QED) is 0.568. The minimum Gasteiger partial charge on any atom is -0.464 e. The van der Waals surface area contributed by atoms with Gasteiger partial charge in [0.2, 0.25) is 0 Å². The molecule has 0 amide bonds. The summed E-state index contributed by atoms with van der Waals surface area (Å²) in [5.74, 6) is 0. The summed E-state index contributed by atoms with van der Waals surface area (Å²) < 4.78 is 12.2. The Kier molecular flexibility index (Phi) is 1.04. The molecule has 11 heavy (non-hydrogen) atoms. The zero-order valence-corrected chi connectivity index (χ0v) is 5.70. The van der Waals surface area contributed by atoms with Gasteiger partial charge in [0.15, 0.2) is 5.43 Å². The second-order valence-electron chi connectivity index (χ2n) is 2.22. The summed E-state index contributed by atoms with van der Waals surface area (Å²) in [5, 5.41) is 0.522. The standard InChI is InChI=1S/C9H6O2/c10-8-5-6-11-9-4-2-1-3-7(8)9/h1-6H/i6D. The smallest absolute Gasteiger partial charge is 0.192 e. The Bertz CT molecular complexity index is 473. The number of hydrogen-bond donors (Lipinski definition) is 0. The van der Waals surface area contributed by atoms with Gasteiger partial charge in [-0.25, -0.2) is 0 Å². The Labute approximate surface area is 64.5 Å². The monoisotopic (exact) mass is 147 g/mol. The normalized spacial score (nSPS) is 11.5. The van der Waals surface area contributed by atoms with Gasteiger partial charge in [-0.15, -0.1) is 0 Å². The fourth-order valence-electron chi connectivity index (χ4n) is 0.983. The summed E-state index contributed by atoms with van der Waals surface area (Å²) in [6.45, 7) is 0. The van der Waals surface area contributed by atoms with E-state index in [-0.39, 0.29) is 11.7 Å². The molecule has 0 atom stereocenters. The van der Waals surface area contributed by atoms with Crippen molar-refractivity contribution >= 4 is 11.0 Å². The lowest BCUT2D eigenvalue weighted by Crippen LogP contribution is -1.96. The van der Waals surface area contributed by atoms with Crippen molar-refractivity contribution in [2.75, 3.05) is 0 Å². The average molecular weight is 147 g/mol. The largest absolute Gasteiger partial charge is 0.464 e. The molecule has 0 saturated heterocycles. The maximum Gasteiger partial charge on any atom is 0.192 e. The third-order valence-electron chi connectivity index (χ3n) is 1.51. The first-order chi connectivity index (χ1) is 5.77. The molecule has 2 heteroatoms. The number of fused-ring (bicyclic) bond motifs is 1. The zero-order chi connectivity index (χ0) is 8.55. The van der Waals surface area contributed by atoms with Crippen LogP contribution in [0.5, 0.6) is 0 Å². The van der Waals surface area contributed by atoms with E-state index in [0.717, 1.165) is 0 Å². The lowest BCUT2D eigenvalue weighted by atomic mass is 10.2. The molecule has 0 aliphatic heterocycles. The van der Waals surface area contributed by atoms with Gasteiger partial charge in [0.1, 0.15) is 6.95 Å². The van der Waals surface area contributed by atoms with E-state index < -0.39 is 0 Å². The van der Waals surface area contributed by atoms with Crippen molar-refractivity contribution in [2.24, 2.45) is 0 Å². The molecule has 1 aromatic carbocycles. The molecule has 2 aromatic rings. The van der Waals surface area contributed by atoms with E-state index in [4.69, 9.17) is 5.79 Å².